The smallest absolute Gasteiger partial charge is 0.419 e. The van der Waals surface area contributed by atoms with E-state index in [1.165, 1.54) is 12.3 Å². The van der Waals surface area contributed by atoms with Crippen LogP contribution in [0, 0.1) is 0 Å². The second kappa shape index (κ2) is 6.86. The van der Waals surface area contributed by atoms with Crippen LogP contribution in [0.2, 0.25) is 0 Å². The molecule has 1 saturated heterocycles. The number of ether oxygens (including phenoxy) is 1. The van der Waals surface area contributed by atoms with Gasteiger partial charge in [-0.15, -0.1) is 0 Å². The van der Waals surface area contributed by atoms with Crippen LogP contribution in [0.5, 0.6) is 0 Å². The minimum absolute atomic E-state index is 0.0549. The Hall–Kier alpha value is -1.99. The zero-order valence-electron chi connectivity index (χ0n) is 14.0. The van der Waals surface area contributed by atoms with E-state index in [1.54, 1.807) is 25.7 Å². The monoisotopic (exact) mass is 345 g/mol. The average molecular weight is 345 g/mol. The molecule has 24 heavy (non-hydrogen) atoms. The summed E-state index contributed by atoms with van der Waals surface area (Å²) in [4.78, 5) is 17.3. The number of anilines is 1. The maximum atomic E-state index is 13.1. The van der Waals surface area contributed by atoms with Crippen LogP contribution in [-0.2, 0) is 10.9 Å². The Balaban J connectivity index is 1.95. The maximum absolute atomic E-state index is 13.1. The lowest BCUT2D eigenvalue weighted by Crippen LogP contribution is -2.46. The molecule has 0 saturated carbocycles. The number of hydrogen-bond donors (Lipinski definition) is 1. The molecule has 1 aliphatic heterocycles. The van der Waals surface area contributed by atoms with Crippen LogP contribution >= 0.6 is 0 Å². The van der Waals surface area contributed by atoms with Gasteiger partial charge >= 0.3 is 12.3 Å². The number of nitrogens with one attached hydrogen (secondary N) is 1. The first-order valence-electron chi connectivity index (χ1n) is 7.83. The third kappa shape index (κ3) is 5.01. The van der Waals surface area contributed by atoms with Crippen LogP contribution in [0.15, 0.2) is 18.3 Å². The van der Waals surface area contributed by atoms with Gasteiger partial charge in [-0.3, -0.25) is 0 Å². The molecule has 1 fully saturated rings. The highest BCUT2D eigenvalue weighted by Gasteiger charge is 2.36. The summed E-state index contributed by atoms with van der Waals surface area (Å²) in [5.41, 5.74) is -1.32. The largest absolute Gasteiger partial charge is 0.444 e. The van der Waals surface area contributed by atoms with Crippen LogP contribution in [0.25, 0.3) is 0 Å². The number of aromatic nitrogens is 1. The van der Waals surface area contributed by atoms with Crippen molar-refractivity contribution in [1.82, 2.24) is 10.3 Å². The molecule has 0 bridgehead atoms. The Morgan fingerprint density at radius 3 is 2.46 bits per heavy atom. The van der Waals surface area contributed by atoms with Crippen molar-refractivity contribution < 1.29 is 22.7 Å². The summed E-state index contributed by atoms with van der Waals surface area (Å²) < 4.78 is 44.4. The van der Waals surface area contributed by atoms with E-state index in [4.69, 9.17) is 4.74 Å². The first-order valence-corrected chi connectivity index (χ1v) is 7.83. The predicted octanol–water partition coefficient (Wildman–Crippen LogP) is 3.59. The van der Waals surface area contributed by atoms with E-state index in [0.717, 1.165) is 6.07 Å². The van der Waals surface area contributed by atoms with E-state index in [1.807, 2.05) is 0 Å². The summed E-state index contributed by atoms with van der Waals surface area (Å²) in [5, 5.41) is 2.76. The van der Waals surface area contributed by atoms with Crippen molar-refractivity contribution in [3.8, 4) is 0 Å². The van der Waals surface area contributed by atoms with Gasteiger partial charge in [-0.2, -0.15) is 13.2 Å². The number of carbonyl (C=O) groups is 1. The highest BCUT2D eigenvalue weighted by atomic mass is 19.4. The first-order chi connectivity index (χ1) is 11.1. The topological polar surface area (TPSA) is 54.5 Å². The van der Waals surface area contributed by atoms with E-state index in [0.29, 0.717) is 25.9 Å². The summed E-state index contributed by atoms with van der Waals surface area (Å²) in [6, 6.07) is 2.20. The lowest BCUT2D eigenvalue weighted by atomic mass is 10.0. The maximum Gasteiger partial charge on any atom is 0.419 e. The highest BCUT2D eigenvalue weighted by molar-refractivity contribution is 5.68. The molecule has 1 aliphatic rings. The molecular weight excluding hydrogens is 323 g/mol. The standard InChI is InChI=1S/C16H22F3N3O2/c1-15(2,3)24-14(23)21-11-6-9-22(10-7-11)13-12(16(17,18)19)5-4-8-20-13/h4-5,8,11H,6-7,9-10H2,1-3H3,(H,21,23). The van der Waals surface area contributed by atoms with Crippen LogP contribution < -0.4 is 10.2 Å². The quantitative estimate of drug-likeness (QED) is 0.890. The van der Waals surface area contributed by atoms with Gasteiger partial charge in [0.15, 0.2) is 0 Å². The number of amides is 1. The van der Waals surface area contributed by atoms with Crippen LogP contribution in [0.4, 0.5) is 23.8 Å². The van der Waals surface area contributed by atoms with Crippen LogP contribution in [0.3, 0.4) is 0 Å². The molecule has 0 atom stereocenters. The molecule has 134 valence electrons. The summed E-state index contributed by atoms with van der Waals surface area (Å²) in [7, 11) is 0. The Bertz CT molecular complexity index is 577. The third-order valence-electron chi connectivity index (χ3n) is 3.61. The number of nitrogens with zero attached hydrogens (tertiary/aromatic N) is 2. The molecule has 0 unspecified atom stereocenters. The summed E-state index contributed by atoms with van der Waals surface area (Å²) in [5.74, 6) is -0.0549. The lowest BCUT2D eigenvalue weighted by molar-refractivity contribution is -0.137. The molecule has 2 rings (SSSR count). The molecule has 8 heteroatoms. The molecule has 2 heterocycles. The number of rotatable bonds is 2. The second-order valence-electron chi connectivity index (χ2n) is 6.78. The third-order valence-corrected chi connectivity index (χ3v) is 3.61. The van der Waals surface area contributed by atoms with Crippen LogP contribution in [0.1, 0.15) is 39.2 Å². The normalized spacial score (nSPS) is 16.8. The van der Waals surface area contributed by atoms with Gasteiger partial charge in [0.2, 0.25) is 0 Å². The van der Waals surface area contributed by atoms with Crippen LogP contribution in [-0.4, -0.2) is 35.8 Å². The Labute approximate surface area is 139 Å². The second-order valence-corrected chi connectivity index (χ2v) is 6.78. The molecule has 1 aromatic rings. The Kier molecular flexibility index (Phi) is 5.25. The van der Waals surface area contributed by atoms with Gasteiger partial charge in [0, 0.05) is 25.3 Å². The number of piperidine rings is 1. The van der Waals surface area contributed by atoms with E-state index in [2.05, 4.69) is 10.3 Å². The molecule has 0 spiro atoms. The summed E-state index contributed by atoms with van der Waals surface area (Å²) in [6.45, 7) is 6.10. The zero-order valence-corrected chi connectivity index (χ0v) is 14.0. The van der Waals surface area contributed by atoms with Crippen molar-refractivity contribution in [2.75, 3.05) is 18.0 Å². The Morgan fingerprint density at radius 1 is 1.29 bits per heavy atom. The fraction of sp³-hybridized carbons (Fsp3) is 0.625. The van der Waals surface area contributed by atoms with Gasteiger partial charge < -0.3 is 15.0 Å². The molecular formula is C16H22F3N3O2. The lowest BCUT2D eigenvalue weighted by Gasteiger charge is -2.34. The molecule has 1 N–H and O–H groups in total. The van der Waals surface area contributed by atoms with E-state index in [9.17, 15) is 18.0 Å². The fourth-order valence-corrected chi connectivity index (χ4v) is 2.58. The molecule has 1 aromatic heterocycles. The highest BCUT2D eigenvalue weighted by Crippen LogP contribution is 2.35. The van der Waals surface area contributed by atoms with Gasteiger partial charge in [0.25, 0.3) is 0 Å². The van der Waals surface area contributed by atoms with Crippen molar-refractivity contribution in [3.63, 3.8) is 0 Å². The van der Waals surface area contributed by atoms with E-state index in [-0.39, 0.29) is 11.9 Å². The number of pyridine rings is 1. The molecule has 0 radical (unpaired) electrons. The van der Waals surface area contributed by atoms with Gasteiger partial charge in [0.05, 0.1) is 5.56 Å². The van der Waals surface area contributed by atoms with Gasteiger partial charge in [-0.25, -0.2) is 9.78 Å². The molecule has 1 amide bonds. The number of halogens is 3. The van der Waals surface area contributed by atoms with Gasteiger partial charge in [-0.05, 0) is 45.7 Å². The number of carbonyl (C=O) groups excluding carboxylic acids is 1. The number of alkyl carbamates (subject to hydrolysis) is 1. The first kappa shape index (κ1) is 18.4. The van der Waals surface area contributed by atoms with E-state index >= 15 is 0 Å². The number of alkyl halides is 3. The number of hydrogen-bond acceptors (Lipinski definition) is 4. The molecule has 0 aliphatic carbocycles. The van der Waals surface area contributed by atoms with Gasteiger partial charge in [0.1, 0.15) is 11.4 Å². The molecule has 0 aromatic carbocycles. The minimum atomic E-state index is -4.44. The van der Waals surface area contributed by atoms with Gasteiger partial charge in [-0.1, -0.05) is 0 Å². The minimum Gasteiger partial charge on any atom is -0.444 e. The Morgan fingerprint density at radius 2 is 1.92 bits per heavy atom. The summed E-state index contributed by atoms with van der Waals surface area (Å²) in [6.07, 6.45) is -2.51. The van der Waals surface area contributed by atoms with Crippen molar-refractivity contribution in [1.29, 1.82) is 0 Å². The predicted molar refractivity (Wildman–Crippen MR) is 83.8 cm³/mol. The zero-order chi connectivity index (χ0) is 18.0. The molecule has 5 nitrogen and oxygen atoms in total. The fourth-order valence-electron chi connectivity index (χ4n) is 2.58. The average Bonchev–Trinajstić information content (AvgIpc) is 2.45. The van der Waals surface area contributed by atoms with Crippen molar-refractivity contribution in [3.05, 3.63) is 23.9 Å². The summed E-state index contributed by atoms with van der Waals surface area (Å²) >= 11 is 0. The van der Waals surface area contributed by atoms with E-state index < -0.39 is 23.4 Å². The van der Waals surface area contributed by atoms with Crippen molar-refractivity contribution in [2.45, 2.75) is 51.4 Å². The SMILES string of the molecule is CC(C)(C)OC(=O)NC1CCN(c2ncccc2C(F)(F)F)CC1. The van der Waals surface area contributed by atoms with Crippen molar-refractivity contribution >= 4 is 11.9 Å². The van der Waals surface area contributed by atoms with Crippen molar-refractivity contribution in [2.24, 2.45) is 0 Å².